The van der Waals surface area contributed by atoms with Gasteiger partial charge in [0, 0.05) is 45.1 Å². The summed E-state index contributed by atoms with van der Waals surface area (Å²) in [7, 11) is 0. The Morgan fingerprint density at radius 1 is 1.30 bits per heavy atom. The Hall–Kier alpha value is -2.75. The molecule has 2 amide bonds. The number of hydrogen-bond donors (Lipinski definition) is 1. The molecule has 0 saturated carbocycles. The number of halogens is 2. The van der Waals surface area contributed by atoms with Crippen molar-refractivity contribution in [1.82, 2.24) is 10.2 Å². The molecule has 0 aliphatic carbocycles. The average Bonchev–Trinajstić information content (AvgIpc) is 3.37. The SMILES string of the molecule is O=C(NCC1CCCO1)OC1=NOC2(CCN(C(=O)c3ccc(F)cc3F)CC2)C1. The van der Waals surface area contributed by atoms with Crippen molar-refractivity contribution in [3.05, 3.63) is 35.4 Å². The summed E-state index contributed by atoms with van der Waals surface area (Å²) in [6.45, 7) is 1.74. The van der Waals surface area contributed by atoms with Crippen molar-refractivity contribution in [1.29, 1.82) is 0 Å². The van der Waals surface area contributed by atoms with Crippen molar-refractivity contribution >= 4 is 17.9 Å². The number of likely N-dealkylation sites (tertiary alicyclic amines) is 1. The van der Waals surface area contributed by atoms with Gasteiger partial charge in [0.05, 0.1) is 18.1 Å². The van der Waals surface area contributed by atoms with E-state index >= 15 is 0 Å². The average molecular weight is 423 g/mol. The van der Waals surface area contributed by atoms with Gasteiger partial charge in [-0.1, -0.05) is 5.16 Å². The fourth-order valence-corrected chi connectivity index (χ4v) is 3.91. The number of hydrogen-bond acceptors (Lipinski definition) is 6. The van der Waals surface area contributed by atoms with Gasteiger partial charge in [0.2, 0.25) is 5.90 Å². The molecule has 1 spiro atoms. The van der Waals surface area contributed by atoms with Crippen LogP contribution in [0.25, 0.3) is 0 Å². The second-order valence-corrected chi connectivity index (χ2v) is 7.76. The van der Waals surface area contributed by atoms with Gasteiger partial charge in [0.15, 0.2) is 0 Å². The predicted octanol–water partition coefficient (Wildman–Crippen LogP) is 2.58. The molecule has 0 radical (unpaired) electrons. The van der Waals surface area contributed by atoms with Gasteiger partial charge in [-0.15, -0.1) is 0 Å². The third-order valence-corrected chi connectivity index (χ3v) is 5.65. The third kappa shape index (κ3) is 4.53. The largest absolute Gasteiger partial charge is 0.413 e. The van der Waals surface area contributed by atoms with Crippen LogP contribution in [0.1, 0.15) is 42.5 Å². The lowest BCUT2D eigenvalue weighted by Gasteiger charge is -2.37. The molecule has 1 unspecified atom stereocenters. The van der Waals surface area contributed by atoms with Gasteiger partial charge in [-0.3, -0.25) is 4.79 Å². The quantitative estimate of drug-likeness (QED) is 0.807. The molecular weight excluding hydrogens is 400 g/mol. The lowest BCUT2D eigenvalue weighted by molar-refractivity contribution is -0.0568. The first-order valence-corrected chi connectivity index (χ1v) is 10.0. The van der Waals surface area contributed by atoms with Crippen LogP contribution in [0.5, 0.6) is 0 Å². The number of rotatable bonds is 3. The van der Waals surface area contributed by atoms with Crippen molar-refractivity contribution in [2.24, 2.45) is 5.16 Å². The minimum absolute atomic E-state index is 0.0125. The molecule has 0 bridgehead atoms. The van der Waals surface area contributed by atoms with Gasteiger partial charge in [0.1, 0.15) is 17.2 Å². The van der Waals surface area contributed by atoms with E-state index in [0.717, 1.165) is 25.0 Å². The van der Waals surface area contributed by atoms with Gasteiger partial charge in [-0.05, 0) is 25.0 Å². The predicted molar refractivity (Wildman–Crippen MR) is 101 cm³/mol. The van der Waals surface area contributed by atoms with Gasteiger partial charge in [-0.25, -0.2) is 13.6 Å². The molecule has 3 heterocycles. The second-order valence-electron chi connectivity index (χ2n) is 7.76. The van der Waals surface area contributed by atoms with E-state index in [4.69, 9.17) is 14.3 Å². The van der Waals surface area contributed by atoms with Crippen molar-refractivity contribution in [2.75, 3.05) is 26.2 Å². The molecule has 1 N–H and O–H groups in total. The van der Waals surface area contributed by atoms with Crippen molar-refractivity contribution in [3.63, 3.8) is 0 Å². The van der Waals surface area contributed by atoms with Crippen LogP contribution in [-0.2, 0) is 14.3 Å². The van der Waals surface area contributed by atoms with E-state index in [1.165, 1.54) is 4.90 Å². The topological polar surface area (TPSA) is 89.5 Å². The summed E-state index contributed by atoms with van der Waals surface area (Å²) >= 11 is 0. The van der Waals surface area contributed by atoms with Crippen molar-refractivity contribution in [3.8, 4) is 0 Å². The summed E-state index contributed by atoms with van der Waals surface area (Å²) in [5.74, 6) is -1.92. The number of piperidine rings is 1. The smallest absolute Gasteiger partial charge is 0.392 e. The molecule has 3 aliphatic rings. The Kier molecular flexibility index (Phi) is 5.85. The molecule has 10 heteroatoms. The van der Waals surface area contributed by atoms with Crippen LogP contribution < -0.4 is 5.32 Å². The van der Waals surface area contributed by atoms with Crippen LogP contribution in [0.4, 0.5) is 13.6 Å². The maximum Gasteiger partial charge on any atom is 0.413 e. The number of nitrogens with zero attached hydrogens (tertiary/aromatic N) is 2. The number of oxime groups is 1. The number of ether oxygens (including phenoxy) is 2. The molecule has 162 valence electrons. The monoisotopic (exact) mass is 423 g/mol. The molecule has 8 nitrogen and oxygen atoms in total. The van der Waals surface area contributed by atoms with E-state index in [1.54, 1.807) is 0 Å². The van der Waals surface area contributed by atoms with E-state index in [2.05, 4.69) is 10.5 Å². The Morgan fingerprint density at radius 3 is 2.80 bits per heavy atom. The summed E-state index contributed by atoms with van der Waals surface area (Å²) in [5.41, 5.74) is -0.815. The second kappa shape index (κ2) is 8.55. The molecule has 2 saturated heterocycles. The summed E-state index contributed by atoms with van der Waals surface area (Å²) in [6, 6.07) is 2.90. The van der Waals surface area contributed by atoms with Crippen LogP contribution in [0, 0.1) is 11.6 Å². The highest BCUT2D eigenvalue weighted by Crippen LogP contribution is 2.35. The van der Waals surface area contributed by atoms with E-state index < -0.39 is 29.2 Å². The summed E-state index contributed by atoms with van der Waals surface area (Å²) < 4.78 is 37.6. The number of carbonyl (C=O) groups is 2. The molecule has 2 fully saturated rings. The number of nitrogens with one attached hydrogen (secondary N) is 1. The number of amides is 2. The van der Waals surface area contributed by atoms with Crippen LogP contribution in [0.15, 0.2) is 23.4 Å². The summed E-state index contributed by atoms with van der Waals surface area (Å²) in [5, 5.41) is 6.54. The molecule has 30 heavy (non-hydrogen) atoms. The normalized spacial score (nSPS) is 22.5. The fraction of sp³-hybridized carbons (Fsp3) is 0.550. The zero-order valence-electron chi connectivity index (χ0n) is 16.4. The molecule has 4 rings (SSSR count). The lowest BCUT2D eigenvalue weighted by atomic mass is 9.88. The first-order valence-electron chi connectivity index (χ1n) is 10.0. The maximum atomic E-state index is 13.9. The third-order valence-electron chi connectivity index (χ3n) is 5.65. The Balaban J connectivity index is 1.25. The van der Waals surface area contributed by atoms with E-state index in [9.17, 15) is 18.4 Å². The minimum atomic E-state index is -0.884. The van der Waals surface area contributed by atoms with Crippen molar-refractivity contribution in [2.45, 2.75) is 43.8 Å². The van der Waals surface area contributed by atoms with Gasteiger partial charge in [0.25, 0.3) is 5.91 Å². The van der Waals surface area contributed by atoms with E-state index in [-0.39, 0.29) is 17.6 Å². The zero-order valence-corrected chi connectivity index (χ0v) is 16.4. The molecular formula is C20H23F2N3O5. The highest BCUT2D eigenvalue weighted by atomic mass is 19.1. The van der Waals surface area contributed by atoms with Crippen LogP contribution in [0.2, 0.25) is 0 Å². The number of alkyl carbamates (subject to hydrolysis) is 1. The zero-order chi connectivity index (χ0) is 21.1. The summed E-state index contributed by atoms with van der Waals surface area (Å²) in [6.07, 6.45) is 2.52. The maximum absolute atomic E-state index is 13.9. The number of benzene rings is 1. The van der Waals surface area contributed by atoms with E-state index in [1.807, 2.05) is 0 Å². The first kappa shape index (κ1) is 20.5. The molecule has 0 aromatic heterocycles. The molecule has 3 aliphatic heterocycles. The Morgan fingerprint density at radius 2 is 2.10 bits per heavy atom. The van der Waals surface area contributed by atoms with Gasteiger partial charge in [-0.2, -0.15) is 0 Å². The van der Waals surface area contributed by atoms with E-state index in [0.29, 0.717) is 51.6 Å². The van der Waals surface area contributed by atoms with Gasteiger partial charge >= 0.3 is 6.09 Å². The highest BCUT2D eigenvalue weighted by Gasteiger charge is 2.44. The lowest BCUT2D eigenvalue weighted by Crippen LogP contribution is -2.47. The summed E-state index contributed by atoms with van der Waals surface area (Å²) in [4.78, 5) is 31.5. The van der Waals surface area contributed by atoms with Gasteiger partial charge < -0.3 is 24.5 Å². The Bertz CT molecular complexity index is 849. The fourth-order valence-electron chi connectivity index (χ4n) is 3.91. The van der Waals surface area contributed by atoms with Crippen LogP contribution >= 0.6 is 0 Å². The van der Waals surface area contributed by atoms with Crippen LogP contribution in [-0.4, -0.2) is 60.7 Å². The molecule has 1 aromatic rings. The minimum Gasteiger partial charge on any atom is -0.392 e. The van der Waals surface area contributed by atoms with Crippen molar-refractivity contribution < 1.29 is 32.7 Å². The molecule has 1 aromatic carbocycles. The number of carbonyl (C=O) groups excluding carboxylic acids is 2. The first-order chi connectivity index (χ1) is 14.4. The standard InChI is InChI=1S/C20H23F2N3O5/c21-13-3-4-15(16(22)10-13)18(26)25-7-5-20(6-8-25)11-17(24-30-20)29-19(27)23-12-14-2-1-9-28-14/h3-4,10,14H,1-2,5-9,11-12H2,(H,23,27). The highest BCUT2D eigenvalue weighted by molar-refractivity contribution is 5.94. The molecule has 1 atom stereocenters. The Labute approximate surface area is 172 Å². The van der Waals surface area contributed by atoms with Crippen LogP contribution in [0.3, 0.4) is 0 Å².